The zero-order valence-electron chi connectivity index (χ0n) is 14.2. The largest absolute Gasteiger partial charge is 0.508 e. The number of phenols is 1. The summed E-state index contributed by atoms with van der Waals surface area (Å²) in [6.07, 6.45) is 1.83. The second-order valence-electron chi connectivity index (χ2n) is 5.67. The number of phenolic OH excluding ortho intramolecular Hbond substituents is 1. The monoisotopic (exact) mass is 375 g/mol. The van der Waals surface area contributed by atoms with Gasteiger partial charge in [-0.3, -0.25) is 9.79 Å². The number of thiophene rings is 1. The number of thioether (sulfide) groups is 1. The van der Waals surface area contributed by atoms with Crippen LogP contribution in [0.3, 0.4) is 0 Å². The fourth-order valence-electron chi connectivity index (χ4n) is 2.53. The van der Waals surface area contributed by atoms with E-state index in [0.717, 1.165) is 29.2 Å². The number of fused-ring (bicyclic) bond motifs is 1. The molecular weight excluding hydrogens is 354 g/mol. The van der Waals surface area contributed by atoms with E-state index in [-0.39, 0.29) is 17.0 Å². The lowest BCUT2D eigenvalue weighted by Crippen LogP contribution is -2.19. The van der Waals surface area contributed by atoms with Gasteiger partial charge in [0.15, 0.2) is 0 Å². The smallest absolute Gasteiger partial charge is 0.234 e. The lowest BCUT2D eigenvalue weighted by molar-refractivity contribution is -0.113. The van der Waals surface area contributed by atoms with E-state index in [0.29, 0.717) is 11.4 Å². The van der Waals surface area contributed by atoms with Gasteiger partial charge in [-0.25, -0.2) is 0 Å². The summed E-state index contributed by atoms with van der Waals surface area (Å²) in [7, 11) is 0. The van der Waals surface area contributed by atoms with Gasteiger partial charge in [0.2, 0.25) is 5.91 Å². The Balaban J connectivity index is 1.66. The number of hydrogen-bond acceptors (Lipinski definition) is 6. The van der Waals surface area contributed by atoms with Crippen molar-refractivity contribution in [2.75, 3.05) is 16.4 Å². The maximum atomic E-state index is 12.2. The van der Waals surface area contributed by atoms with E-state index in [9.17, 15) is 9.90 Å². The van der Waals surface area contributed by atoms with Crippen LogP contribution in [0.15, 0.2) is 35.3 Å². The third-order valence-electron chi connectivity index (χ3n) is 3.79. The highest BCUT2D eigenvalue weighted by Gasteiger charge is 2.24. The number of nitrogens with one attached hydrogen (secondary N) is 2. The summed E-state index contributed by atoms with van der Waals surface area (Å²) in [5.74, 6) is 1.30. The molecule has 3 rings (SSSR count). The van der Waals surface area contributed by atoms with Gasteiger partial charge in [-0.15, -0.1) is 23.1 Å². The Morgan fingerprint density at radius 3 is 2.92 bits per heavy atom. The summed E-state index contributed by atoms with van der Waals surface area (Å²) in [5, 5.41) is 16.8. The van der Waals surface area contributed by atoms with Gasteiger partial charge in [0.05, 0.1) is 5.75 Å². The second-order valence-corrected chi connectivity index (χ2v) is 7.87. The van der Waals surface area contributed by atoms with Gasteiger partial charge in [0, 0.05) is 28.6 Å². The number of amides is 1. The van der Waals surface area contributed by atoms with Crippen molar-refractivity contribution in [3.8, 4) is 5.75 Å². The first-order valence-corrected chi connectivity index (χ1v) is 10.1. The molecule has 1 amide bonds. The highest BCUT2D eigenvalue weighted by molar-refractivity contribution is 8.00. The molecule has 0 saturated carbocycles. The Kier molecular flexibility index (Phi) is 5.65. The molecule has 3 N–H and O–H groups in total. The van der Waals surface area contributed by atoms with Gasteiger partial charge in [-0.2, -0.15) is 0 Å². The van der Waals surface area contributed by atoms with Gasteiger partial charge >= 0.3 is 0 Å². The molecule has 1 unspecified atom stereocenters. The molecule has 0 saturated heterocycles. The number of aromatic hydroxyl groups is 1. The molecule has 0 bridgehead atoms. The molecule has 0 spiro atoms. The normalized spacial score (nSPS) is 15.9. The van der Waals surface area contributed by atoms with E-state index in [4.69, 9.17) is 4.99 Å². The third kappa shape index (κ3) is 4.35. The predicted octanol–water partition coefficient (Wildman–Crippen LogP) is 4.62. The van der Waals surface area contributed by atoms with Gasteiger partial charge in [-0.1, -0.05) is 19.9 Å². The molecule has 0 radical (unpaired) electrons. The number of amidine groups is 1. The summed E-state index contributed by atoms with van der Waals surface area (Å²) in [6, 6.07) is 8.75. The molecule has 1 atom stereocenters. The first-order chi connectivity index (χ1) is 12.1. The maximum Gasteiger partial charge on any atom is 0.234 e. The van der Waals surface area contributed by atoms with E-state index < -0.39 is 0 Å². The molecule has 132 valence electrons. The molecule has 2 aromatic rings. The van der Waals surface area contributed by atoms with Crippen molar-refractivity contribution in [2.45, 2.75) is 32.1 Å². The average Bonchev–Trinajstić information content (AvgIpc) is 3.02. The van der Waals surface area contributed by atoms with E-state index in [1.54, 1.807) is 29.5 Å². The minimum Gasteiger partial charge on any atom is -0.508 e. The highest BCUT2D eigenvalue weighted by atomic mass is 32.2. The zero-order valence-corrected chi connectivity index (χ0v) is 15.8. The summed E-state index contributed by atoms with van der Waals surface area (Å²) >= 11 is 3.28. The number of rotatable bonds is 6. The van der Waals surface area contributed by atoms with Crippen molar-refractivity contribution < 1.29 is 9.90 Å². The molecule has 1 aliphatic heterocycles. The van der Waals surface area contributed by atoms with Crippen LogP contribution in [0.1, 0.15) is 36.1 Å². The van der Waals surface area contributed by atoms with Crippen molar-refractivity contribution in [3.05, 3.63) is 40.8 Å². The molecule has 25 heavy (non-hydrogen) atoms. The molecular formula is C18H21N3O2S2. The Bertz CT molecular complexity index is 801. The zero-order chi connectivity index (χ0) is 17.8. The fraction of sp³-hybridized carbons (Fsp3) is 0.333. The predicted molar refractivity (Wildman–Crippen MR) is 107 cm³/mol. The maximum absolute atomic E-state index is 12.2. The van der Waals surface area contributed by atoms with Crippen LogP contribution in [0.4, 0.5) is 10.7 Å². The molecule has 1 aromatic carbocycles. The Morgan fingerprint density at radius 2 is 2.20 bits per heavy atom. The van der Waals surface area contributed by atoms with Crippen LogP contribution >= 0.6 is 23.1 Å². The summed E-state index contributed by atoms with van der Waals surface area (Å²) in [4.78, 5) is 18.3. The number of carbonyl (C=O) groups excluding carboxylic acids is 1. The number of nitrogens with zero attached hydrogens (tertiary/aromatic N) is 1. The first kappa shape index (κ1) is 17.8. The van der Waals surface area contributed by atoms with Crippen molar-refractivity contribution in [1.82, 2.24) is 0 Å². The van der Waals surface area contributed by atoms with Gasteiger partial charge in [0.25, 0.3) is 0 Å². The first-order valence-electron chi connectivity index (χ1n) is 8.25. The van der Waals surface area contributed by atoms with Crippen LogP contribution in [0.2, 0.25) is 0 Å². The molecule has 0 fully saturated rings. The molecule has 0 aliphatic carbocycles. The number of aliphatic imine (C=N–C) groups is 1. The number of hydrogen-bond donors (Lipinski definition) is 3. The van der Waals surface area contributed by atoms with E-state index >= 15 is 0 Å². The topological polar surface area (TPSA) is 73.7 Å². The van der Waals surface area contributed by atoms with Gasteiger partial charge in [0.1, 0.15) is 22.0 Å². The van der Waals surface area contributed by atoms with Crippen LogP contribution in [-0.4, -0.2) is 22.6 Å². The summed E-state index contributed by atoms with van der Waals surface area (Å²) in [6.45, 7) is 4.21. The van der Waals surface area contributed by atoms with E-state index in [2.05, 4.69) is 30.5 Å². The second kappa shape index (κ2) is 7.93. The molecule has 7 heteroatoms. The molecule has 1 aromatic heterocycles. The molecule has 2 heterocycles. The van der Waals surface area contributed by atoms with Gasteiger partial charge in [-0.05, 0) is 24.6 Å². The van der Waals surface area contributed by atoms with Gasteiger partial charge < -0.3 is 15.7 Å². The summed E-state index contributed by atoms with van der Waals surface area (Å²) < 4.78 is 0. The Morgan fingerprint density at radius 1 is 1.36 bits per heavy atom. The van der Waals surface area contributed by atoms with Crippen LogP contribution in [0.5, 0.6) is 5.75 Å². The van der Waals surface area contributed by atoms with Crippen LogP contribution in [0.25, 0.3) is 0 Å². The van der Waals surface area contributed by atoms with Crippen molar-refractivity contribution in [2.24, 2.45) is 4.99 Å². The van der Waals surface area contributed by atoms with Crippen molar-refractivity contribution in [1.29, 1.82) is 0 Å². The lowest BCUT2D eigenvalue weighted by atomic mass is 10.2. The molecule has 1 aliphatic rings. The van der Waals surface area contributed by atoms with Crippen molar-refractivity contribution >= 4 is 45.5 Å². The van der Waals surface area contributed by atoms with Crippen LogP contribution in [-0.2, 0) is 11.2 Å². The number of benzene rings is 1. The summed E-state index contributed by atoms with van der Waals surface area (Å²) in [5.41, 5.74) is 1.76. The Hall–Kier alpha value is -1.99. The van der Waals surface area contributed by atoms with Crippen LogP contribution < -0.4 is 10.6 Å². The third-order valence-corrected chi connectivity index (χ3v) is 6.11. The minimum atomic E-state index is -0.102. The number of aryl methyl sites for hydroxylation is 1. The standard InChI is InChI=1S/C18H21N3O2S2/c1-3-13-9-14-17(20-15(4-2)21-18(14)25-13)24-10-16(23)19-11-6-5-7-12(22)8-11/h5-9,17,22H,3-4,10H2,1-2H3,(H,19,23)(H,20,21). The highest BCUT2D eigenvalue weighted by Crippen LogP contribution is 2.43. The fourth-order valence-corrected chi connectivity index (χ4v) is 4.60. The SMILES string of the molecule is CCC1=NC(SCC(=O)Nc2cccc(O)c2)c2cc(CC)sc2N1. The lowest BCUT2D eigenvalue weighted by Gasteiger charge is -2.21. The quantitative estimate of drug-likeness (QED) is 0.689. The Labute approximate surface area is 155 Å². The number of anilines is 2. The van der Waals surface area contributed by atoms with E-state index in [1.165, 1.54) is 22.7 Å². The van der Waals surface area contributed by atoms with Crippen molar-refractivity contribution in [3.63, 3.8) is 0 Å². The van der Waals surface area contributed by atoms with E-state index in [1.807, 2.05) is 0 Å². The number of carbonyl (C=O) groups is 1. The average molecular weight is 376 g/mol. The minimum absolute atomic E-state index is 0.0577. The van der Waals surface area contributed by atoms with Crippen LogP contribution in [0, 0.1) is 0 Å². The molecule has 5 nitrogen and oxygen atoms in total.